The van der Waals surface area contributed by atoms with E-state index in [4.69, 9.17) is 15.3 Å². The van der Waals surface area contributed by atoms with Gasteiger partial charge in [0.15, 0.2) is 0 Å². The topological polar surface area (TPSA) is 89.7 Å². The highest BCUT2D eigenvalue weighted by molar-refractivity contribution is 5.95. The van der Waals surface area contributed by atoms with Crippen molar-refractivity contribution in [3.05, 3.63) is 23.4 Å². The number of nitrogens with zero attached hydrogens (tertiary/aromatic N) is 2. The molecule has 0 aromatic carbocycles. The van der Waals surface area contributed by atoms with Gasteiger partial charge in [-0.05, 0) is 18.6 Å². The molecule has 1 aromatic rings. The maximum absolute atomic E-state index is 12.6. The Hall–Kier alpha value is -1.70. The number of rotatable bonds is 9. The Bertz CT molecular complexity index is 424. The third-order valence-electron chi connectivity index (χ3n) is 3.05. The molecule has 0 aliphatic carbocycles. The Labute approximate surface area is 125 Å². The predicted octanol–water partition coefficient (Wildman–Crippen LogP) is 0.665. The number of ether oxygens (including phenoxy) is 2. The fourth-order valence-electron chi connectivity index (χ4n) is 1.87. The molecular weight excluding hydrogens is 272 g/mol. The van der Waals surface area contributed by atoms with E-state index in [0.29, 0.717) is 37.7 Å². The number of aromatic nitrogens is 1. The van der Waals surface area contributed by atoms with Crippen LogP contribution in [0.4, 0.5) is 5.82 Å². The van der Waals surface area contributed by atoms with Gasteiger partial charge in [-0.1, -0.05) is 6.92 Å². The lowest BCUT2D eigenvalue weighted by atomic mass is 10.1. The zero-order valence-corrected chi connectivity index (χ0v) is 12.9. The molecular formula is C14H24N4O3. The minimum atomic E-state index is -0.0855. The number of amides is 1. The average molecular weight is 296 g/mol. The van der Waals surface area contributed by atoms with Gasteiger partial charge in [-0.3, -0.25) is 4.79 Å². The molecule has 0 spiro atoms. The summed E-state index contributed by atoms with van der Waals surface area (Å²) in [6.45, 7) is 3.94. The number of nitrogens with two attached hydrogens (primary N) is 1. The molecule has 0 aliphatic rings. The van der Waals surface area contributed by atoms with E-state index in [2.05, 4.69) is 10.4 Å². The van der Waals surface area contributed by atoms with Gasteiger partial charge in [0.1, 0.15) is 5.82 Å². The highest BCUT2D eigenvalue weighted by Gasteiger charge is 2.17. The molecule has 0 atom stereocenters. The molecule has 3 N–H and O–H groups in total. The lowest BCUT2D eigenvalue weighted by Gasteiger charge is -2.22. The maximum atomic E-state index is 12.6. The number of methoxy groups -OCH3 is 2. The van der Waals surface area contributed by atoms with E-state index in [1.807, 2.05) is 6.92 Å². The number of hydrazine groups is 1. The largest absolute Gasteiger partial charge is 0.383 e. The third kappa shape index (κ3) is 5.30. The molecule has 0 bridgehead atoms. The molecule has 1 aromatic heterocycles. The van der Waals surface area contributed by atoms with E-state index in [1.54, 1.807) is 31.3 Å². The Morgan fingerprint density at radius 3 is 2.38 bits per heavy atom. The summed E-state index contributed by atoms with van der Waals surface area (Å²) in [6.07, 6.45) is 0.728. The van der Waals surface area contributed by atoms with Gasteiger partial charge >= 0.3 is 0 Å². The molecule has 7 nitrogen and oxygen atoms in total. The Balaban J connectivity index is 2.95. The molecule has 0 aliphatic heterocycles. The number of hydrogen-bond acceptors (Lipinski definition) is 6. The summed E-state index contributed by atoms with van der Waals surface area (Å²) in [7, 11) is 3.22. The minimum Gasteiger partial charge on any atom is -0.383 e. The summed E-state index contributed by atoms with van der Waals surface area (Å²) in [5.41, 5.74) is 3.86. The Morgan fingerprint density at radius 2 is 1.90 bits per heavy atom. The number of nitrogen functional groups attached to an aromatic ring is 1. The fourth-order valence-corrected chi connectivity index (χ4v) is 1.87. The van der Waals surface area contributed by atoms with Gasteiger partial charge in [0, 0.05) is 38.6 Å². The van der Waals surface area contributed by atoms with Crippen molar-refractivity contribution in [1.29, 1.82) is 0 Å². The first-order chi connectivity index (χ1) is 10.2. The van der Waals surface area contributed by atoms with Crippen molar-refractivity contribution in [2.45, 2.75) is 13.3 Å². The van der Waals surface area contributed by atoms with Crippen LogP contribution in [0.15, 0.2) is 12.1 Å². The van der Waals surface area contributed by atoms with E-state index in [0.717, 1.165) is 12.1 Å². The standard InChI is InChI=1S/C14H24N4O3/c1-4-12-9-11(10-13(16-12)17-15)14(19)18(5-7-20-2)6-8-21-3/h9-10H,4-8,15H2,1-3H3,(H,16,17). The van der Waals surface area contributed by atoms with Gasteiger partial charge in [-0.25, -0.2) is 10.8 Å². The first-order valence-corrected chi connectivity index (χ1v) is 6.91. The monoisotopic (exact) mass is 296 g/mol. The van der Waals surface area contributed by atoms with Crippen molar-refractivity contribution in [2.24, 2.45) is 5.84 Å². The van der Waals surface area contributed by atoms with Gasteiger partial charge in [0.2, 0.25) is 0 Å². The van der Waals surface area contributed by atoms with Crippen LogP contribution in [0, 0.1) is 0 Å². The SMILES string of the molecule is CCc1cc(C(=O)N(CCOC)CCOC)cc(NN)n1. The van der Waals surface area contributed by atoms with E-state index >= 15 is 0 Å². The number of carbonyl (C=O) groups is 1. The molecule has 0 unspecified atom stereocenters. The van der Waals surface area contributed by atoms with E-state index in [1.165, 1.54) is 0 Å². The highest BCUT2D eigenvalue weighted by atomic mass is 16.5. The maximum Gasteiger partial charge on any atom is 0.254 e. The second-order valence-corrected chi connectivity index (χ2v) is 4.51. The van der Waals surface area contributed by atoms with Gasteiger partial charge in [0.05, 0.1) is 13.2 Å². The minimum absolute atomic E-state index is 0.0855. The van der Waals surface area contributed by atoms with Crippen LogP contribution >= 0.6 is 0 Å². The lowest BCUT2D eigenvalue weighted by Crippen LogP contribution is -2.36. The molecule has 21 heavy (non-hydrogen) atoms. The van der Waals surface area contributed by atoms with E-state index in [9.17, 15) is 4.79 Å². The van der Waals surface area contributed by atoms with Crippen LogP contribution in [0.1, 0.15) is 23.0 Å². The molecule has 1 heterocycles. The van der Waals surface area contributed by atoms with Crippen LogP contribution in [0.3, 0.4) is 0 Å². The average Bonchev–Trinajstić information content (AvgIpc) is 2.53. The van der Waals surface area contributed by atoms with E-state index < -0.39 is 0 Å². The van der Waals surface area contributed by atoms with Crippen molar-refractivity contribution in [3.63, 3.8) is 0 Å². The smallest absolute Gasteiger partial charge is 0.254 e. The van der Waals surface area contributed by atoms with Crippen LogP contribution in [-0.2, 0) is 15.9 Å². The molecule has 0 fully saturated rings. The summed E-state index contributed by atoms with van der Waals surface area (Å²) in [5, 5.41) is 0. The van der Waals surface area contributed by atoms with Crippen LogP contribution in [0.2, 0.25) is 0 Å². The van der Waals surface area contributed by atoms with Gasteiger partial charge < -0.3 is 19.8 Å². The Morgan fingerprint density at radius 1 is 1.29 bits per heavy atom. The summed E-state index contributed by atoms with van der Waals surface area (Å²) in [4.78, 5) is 18.6. The number of carbonyl (C=O) groups excluding carboxylic acids is 1. The summed E-state index contributed by atoms with van der Waals surface area (Å²) in [6, 6.07) is 3.43. The van der Waals surface area contributed by atoms with Crippen molar-refractivity contribution >= 4 is 11.7 Å². The van der Waals surface area contributed by atoms with Crippen LogP contribution < -0.4 is 11.3 Å². The quantitative estimate of drug-likeness (QED) is 0.514. The summed E-state index contributed by atoms with van der Waals surface area (Å²) >= 11 is 0. The Kier molecular flexibility index (Phi) is 7.66. The van der Waals surface area contributed by atoms with Gasteiger partial charge in [0.25, 0.3) is 5.91 Å². The third-order valence-corrected chi connectivity index (χ3v) is 3.05. The number of nitrogens with one attached hydrogen (secondary N) is 1. The predicted molar refractivity (Wildman–Crippen MR) is 81.1 cm³/mol. The van der Waals surface area contributed by atoms with Gasteiger partial charge in [-0.2, -0.15) is 0 Å². The zero-order valence-electron chi connectivity index (χ0n) is 12.9. The molecule has 1 amide bonds. The molecule has 7 heteroatoms. The molecule has 0 radical (unpaired) electrons. The van der Waals surface area contributed by atoms with Crippen molar-refractivity contribution in [1.82, 2.24) is 9.88 Å². The molecule has 0 saturated carbocycles. The highest BCUT2D eigenvalue weighted by Crippen LogP contribution is 2.13. The fraction of sp³-hybridized carbons (Fsp3) is 0.571. The van der Waals surface area contributed by atoms with Crippen molar-refractivity contribution in [2.75, 3.05) is 45.9 Å². The van der Waals surface area contributed by atoms with E-state index in [-0.39, 0.29) is 5.91 Å². The normalized spacial score (nSPS) is 10.5. The van der Waals surface area contributed by atoms with Gasteiger partial charge in [-0.15, -0.1) is 0 Å². The summed E-state index contributed by atoms with van der Waals surface area (Å²) < 4.78 is 10.1. The van der Waals surface area contributed by atoms with Crippen LogP contribution in [0.25, 0.3) is 0 Å². The first kappa shape index (κ1) is 17.4. The molecule has 118 valence electrons. The number of aryl methyl sites for hydroxylation is 1. The van der Waals surface area contributed by atoms with Crippen LogP contribution in [0.5, 0.6) is 0 Å². The van der Waals surface area contributed by atoms with Crippen LogP contribution in [-0.4, -0.2) is 56.3 Å². The molecule has 0 saturated heterocycles. The number of pyridine rings is 1. The number of anilines is 1. The first-order valence-electron chi connectivity index (χ1n) is 6.91. The second-order valence-electron chi connectivity index (χ2n) is 4.51. The zero-order chi connectivity index (χ0) is 15.7. The van der Waals surface area contributed by atoms with Crippen molar-refractivity contribution in [3.8, 4) is 0 Å². The summed E-state index contributed by atoms with van der Waals surface area (Å²) in [5.74, 6) is 5.80. The second kappa shape index (κ2) is 9.28. The van der Waals surface area contributed by atoms with Crippen molar-refractivity contribution < 1.29 is 14.3 Å². The number of hydrogen-bond donors (Lipinski definition) is 2. The molecule has 1 rings (SSSR count). The lowest BCUT2D eigenvalue weighted by molar-refractivity contribution is 0.0627.